The molecular weight excluding hydrogens is 246 g/mol. The van der Waals surface area contributed by atoms with Crippen LogP contribution in [0.15, 0.2) is 6.33 Å². The van der Waals surface area contributed by atoms with Crippen LogP contribution in [0.3, 0.4) is 0 Å². The minimum atomic E-state index is -1.10. The summed E-state index contributed by atoms with van der Waals surface area (Å²) >= 11 is 0. The minimum Gasteiger partial charge on any atom is -0.476 e. The third kappa shape index (κ3) is 2.00. The summed E-state index contributed by atoms with van der Waals surface area (Å²) in [5.74, 6) is -0.391. The van der Waals surface area contributed by atoms with E-state index in [0.717, 1.165) is 12.8 Å². The SMILES string of the molecule is Nc1ncnc2c1c(C(=O)O)nn2CC1CCCC1. The van der Waals surface area contributed by atoms with Crippen LogP contribution in [0.2, 0.25) is 0 Å². The molecule has 1 aliphatic carbocycles. The van der Waals surface area contributed by atoms with Crippen LogP contribution in [0.25, 0.3) is 11.0 Å². The minimum absolute atomic E-state index is 0.0638. The summed E-state index contributed by atoms with van der Waals surface area (Å²) in [5, 5.41) is 13.7. The van der Waals surface area contributed by atoms with Crippen LogP contribution in [-0.4, -0.2) is 30.8 Å². The predicted molar refractivity (Wildman–Crippen MR) is 68.7 cm³/mol. The smallest absolute Gasteiger partial charge is 0.357 e. The van der Waals surface area contributed by atoms with Gasteiger partial charge in [0.15, 0.2) is 11.3 Å². The van der Waals surface area contributed by atoms with Crippen molar-refractivity contribution in [2.24, 2.45) is 5.92 Å². The van der Waals surface area contributed by atoms with E-state index in [1.54, 1.807) is 4.68 Å². The predicted octanol–water partition coefficient (Wildman–Crippen LogP) is 1.30. The van der Waals surface area contributed by atoms with Gasteiger partial charge in [0.25, 0.3) is 0 Å². The maximum Gasteiger partial charge on any atom is 0.357 e. The summed E-state index contributed by atoms with van der Waals surface area (Å²) in [7, 11) is 0. The van der Waals surface area contributed by atoms with Crippen molar-refractivity contribution in [3.05, 3.63) is 12.0 Å². The Labute approximate surface area is 109 Å². The van der Waals surface area contributed by atoms with Gasteiger partial charge in [0.1, 0.15) is 12.1 Å². The maximum absolute atomic E-state index is 11.2. The largest absolute Gasteiger partial charge is 0.476 e. The van der Waals surface area contributed by atoms with Gasteiger partial charge in [0, 0.05) is 6.54 Å². The molecule has 0 aromatic carbocycles. The molecule has 2 aromatic heterocycles. The topological polar surface area (TPSA) is 107 Å². The van der Waals surface area contributed by atoms with Crippen LogP contribution in [0, 0.1) is 5.92 Å². The second-order valence-corrected chi connectivity index (χ2v) is 4.94. The molecule has 0 spiro atoms. The van der Waals surface area contributed by atoms with Gasteiger partial charge in [-0.1, -0.05) is 12.8 Å². The van der Waals surface area contributed by atoms with Crippen molar-refractivity contribution in [1.29, 1.82) is 0 Å². The van der Waals surface area contributed by atoms with Gasteiger partial charge in [0.05, 0.1) is 5.39 Å². The Hall–Kier alpha value is -2.18. The van der Waals surface area contributed by atoms with E-state index in [0.29, 0.717) is 23.5 Å². The lowest BCUT2D eigenvalue weighted by Gasteiger charge is -2.09. The Morgan fingerprint density at radius 1 is 1.42 bits per heavy atom. The van der Waals surface area contributed by atoms with Crippen molar-refractivity contribution in [2.45, 2.75) is 32.2 Å². The van der Waals surface area contributed by atoms with Gasteiger partial charge >= 0.3 is 5.97 Å². The van der Waals surface area contributed by atoms with Gasteiger partial charge in [-0.25, -0.2) is 19.4 Å². The number of aromatic carboxylic acids is 1. The molecular formula is C12H15N5O2. The van der Waals surface area contributed by atoms with Crippen LogP contribution < -0.4 is 5.73 Å². The van der Waals surface area contributed by atoms with E-state index in [4.69, 9.17) is 5.73 Å². The van der Waals surface area contributed by atoms with E-state index in [-0.39, 0.29) is 11.5 Å². The summed E-state index contributed by atoms with van der Waals surface area (Å²) in [4.78, 5) is 19.2. The Kier molecular flexibility index (Phi) is 2.81. The van der Waals surface area contributed by atoms with Gasteiger partial charge in [-0.3, -0.25) is 0 Å². The molecule has 1 aliphatic rings. The molecule has 0 aliphatic heterocycles. The number of carboxylic acid groups (broad SMARTS) is 1. The molecule has 0 radical (unpaired) electrons. The number of nitrogens with two attached hydrogens (primary N) is 1. The zero-order valence-corrected chi connectivity index (χ0v) is 10.4. The number of fused-ring (bicyclic) bond motifs is 1. The Morgan fingerprint density at radius 2 is 2.16 bits per heavy atom. The highest BCUT2D eigenvalue weighted by Gasteiger charge is 2.23. The maximum atomic E-state index is 11.2. The van der Waals surface area contributed by atoms with Crippen molar-refractivity contribution in [2.75, 3.05) is 5.73 Å². The van der Waals surface area contributed by atoms with Gasteiger partial charge in [-0.05, 0) is 18.8 Å². The average molecular weight is 261 g/mol. The third-order valence-corrected chi connectivity index (χ3v) is 3.67. The highest BCUT2D eigenvalue weighted by Crippen LogP contribution is 2.28. The second-order valence-electron chi connectivity index (χ2n) is 4.94. The summed E-state index contributed by atoms with van der Waals surface area (Å²) in [6.45, 7) is 0.695. The van der Waals surface area contributed by atoms with Crippen molar-refractivity contribution < 1.29 is 9.90 Å². The number of hydrogen-bond donors (Lipinski definition) is 2. The normalized spacial score (nSPS) is 16.2. The number of nitrogen functional groups attached to an aromatic ring is 1. The van der Waals surface area contributed by atoms with Crippen molar-refractivity contribution in [1.82, 2.24) is 19.7 Å². The Balaban J connectivity index is 2.09. The molecule has 7 heteroatoms. The molecule has 2 heterocycles. The number of aromatic nitrogens is 4. The first-order valence-electron chi connectivity index (χ1n) is 6.37. The fraction of sp³-hybridized carbons (Fsp3) is 0.500. The van der Waals surface area contributed by atoms with E-state index >= 15 is 0 Å². The van der Waals surface area contributed by atoms with Gasteiger partial charge in [-0.2, -0.15) is 5.10 Å². The average Bonchev–Trinajstić information content (AvgIpc) is 2.99. The quantitative estimate of drug-likeness (QED) is 0.862. The lowest BCUT2D eigenvalue weighted by molar-refractivity contribution is 0.0691. The number of carbonyl (C=O) groups is 1. The molecule has 1 saturated carbocycles. The number of rotatable bonds is 3. The molecule has 0 atom stereocenters. The number of carboxylic acids is 1. The van der Waals surface area contributed by atoms with E-state index in [9.17, 15) is 9.90 Å². The van der Waals surface area contributed by atoms with Crippen molar-refractivity contribution in [3.63, 3.8) is 0 Å². The van der Waals surface area contributed by atoms with Crippen molar-refractivity contribution >= 4 is 22.8 Å². The molecule has 0 amide bonds. The first kappa shape index (κ1) is 11.9. The monoisotopic (exact) mass is 261 g/mol. The van der Waals surface area contributed by atoms with Gasteiger partial charge in [0.2, 0.25) is 0 Å². The second kappa shape index (κ2) is 4.49. The van der Waals surface area contributed by atoms with Crippen LogP contribution in [0.1, 0.15) is 36.2 Å². The zero-order chi connectivity index (χ0) is 13.4. The number of anilines is 1. The molecule has 7 nitrogen and oxygen atoms in total. The van der Waals surface area contributed by atoms with Crippen molar-refractivity contribution in [3.8, 4) is 0 Å². The summed E-state index contributed by atoms with van der Waals surface area (Å²) < 4.78 is 1.66. The Morgan fingerprint density at radius 3 is 2.84 bits per heavy atom. The number of nitrogens with zero attached hydrogens (tertiary/aromatic N) is 4. The fourth-order valence-corrected chi connectivity index (χ4v) is 2.74. The lowest BCUT2D eigenvalue weighted by atomic mass is 10.1. The van der Waals surface area contributed by atoms with E-state index in [1.165, 1.54) is 19.2 Å². The molecule has 0 saturated heterocycles. The molecule has 3 rings (SSSR count). The highest BCUT2D eigenvalue weighted by atomic mass is 16.4. The van der Waals surface area contributed by atoms with E-state index < -0.39 is 5.97 Å². The number of hydrogen-bond acceptors (Lipinski definition) is 5. The molecule has 19 heavy (non-hydrogen) atoms. The molecule has 2 aromatic rings. The first-order valence-corrected chi connectivity index (χ1v) is 6.37. The van der Waals surface area contributed by atoms with Crippen LogP contribution in [0.4, 0.5) is 5.82 Å². The summed E-state index contributed by atoms with van der Waals surface area (Å²) in [6, 6.07) is 0. The molecule has 100 valence electrons. The molecule has 1 fully saturated rings. The van der Waals surface area contributed by atoms with Crippen LogP contribution >= 0.6 is 0 Å². The molecule has 0 bridgehead atoms. The van der Waals surface area contributed by atoms with Gasteiger partial charge in [-0.15, -0.1) is 0 Å². The highest BCUT2D eigenvalue weighted by molar-refractivity contribution is 6.04. The molecule has 0 unspecified atom stereocenters. The first-order chi connectivity index (χ1) is 9.16. The lowest BCUT2D eigenvalue weighted by Crippen LogP contribution is -2.10. The summed E-state index contributed by atoms with van der Waals surface area (Å²) in [6.07, 6.45) is 6.12. The fourth-order valence-electron chi connectivity index (χ4n) is 2.74. The zero-order valence-electron chi connectivity index (χ0n) is 10.4. The Bertz CT molecular complexity index is 630. The van der Waals surface area contributed by atoms with Crippen LogP contribution in [0.5, 0.6) is 0 Å². The van der Waals surface area contributed by atoms with E-state index in [2.05, 4.69) is 15.1 Å². The van der Waals surface area contributed by atoms with Gasteiger partial charge < -0.3 is 10.8 Å². The van der Waals surface area contributed by atoms with E-state index in [1.807, 2.05) is 0 Å². The third-order valence-electron chi connectivity index (χ3n) is 3.67. The standard InChI is InChI=1S/C12H15N5O2/c13-10-8-9(12(18)19)16-17(11(8)15-6-14-10)5-7-3-1-2-4-7/h6-7H,1-5H2,(H,18,19)(H2,13,14,15). The van der Waals surface area contributed by atoms with Crippen LogP contribution in [-0.2, 0) is 6.54 Å². The summed E-state index contributed by atoms with van der Waals surface area (Å²) in [5.41, 5.74) is 6.20. The molecule has 3 N–H and O–H groups in total.